The number of aromatic nitrogens is 1. The smallest absolute Gasteiger partial charge is 0.0896 e. The first-order valence-corrected chi connectivity index (χ1v) is 8.59. The van der Waals surface area contributed by atoms with E-state index in [9.17, 15) is 5.11 Å². The van der Waals surface area contributed by atoms with Crippen molar-refractivity contribution in [2.45, 2.75) is 31.3 Å². The Labute approximate surface area is 142 Å². The van der Waals surface area contributed by atoms with E-state index in [2.05, 4.69) is 47.4 Å². The van der Waals surface area contributed by atoms with Crippen molar-refractivity contribution < 1.29 is 5.11 Å². The van der Waals surface area contributed by atoms with Crippen molar-refractivity contribution in [1.82, 2.24) is 4.98 Å². The second kappa shape index (κ2) is 6.21. The highest BCUT2D eigenvalue weighted by Crippen LogP contribution is 2.39. The van der Waals surface area contributed by atoms with Crippen molar-refractivity contribution in [3.63, 3.8) is 0 Å². The average Bonchev–Trinajstić information content (AvgIpc) is 3.11. The Morgan fingerprint density at radius 2 is 1.46 bits per heavy atom. The van der Waals surface area contributed by atoms with Gasteiger partial charge in [0.1, 0.15) is 0 Å². The van der Waals surface area contributed by atoms with E-state index < -0.39 is 5.60 Å². The quantitative estimate of drug-likeness (QED) is 0.722. The molecule has 0 atom stereocenters. The fourth-order valence-electron chi connectivity index (χ4n) is 3.60. The van der Waals surface area contributed by atoms with Crippen LogP contribution in [0.5, 0.6) is 0 Å². The van der Waals surface area contributed by atoms with Gasteiger partial charge in [0.15, 0.2) is 0 Å². The SMILES string of the molecule is OC1(c2ccc(-c3ccnc(-c4ccccc4)c3)cc2)CCCC1. The van der Waals surface area contributed by atoms with Crippen LogP contribution in [0, 0.1) is 0 Å². The van der Waals surface area contributed by atoms with Gasteiger partial charge in [-0.05, 0) is 41.7 Å². The minimum Gasteiger partial charge on any atom is -0.385 e. The van der Waals surface area contributed by atoms with Gasteiger partial charge in [0.2, 0.25) is 0 Å². The topological polar surface area (TPSA) is 33.1 Å². The molecule has 0 saturated heterocycles. The largest absolute Gasteiger partial charge is 0.385 e. The van der Waals surface area contributed by atoms with E-state index in [4.69, 9.17) is 0 Å². The predicted molar refractivity (Wildman–Crippen MR) is 97.5 cm³/mol. The van der Waals surface area contributed by atoms with Gasteiger partial charge in [-0.3, -0.25) is 4.98 Å². The van der Waals surface area contributed by atoms with Crippen LogP contribution >= 0.6 is 0 Å². The second-order valence-electron chi connectivity index (χ2n) is 6.61. The molecular weight excluding hydrogens is 294 g/mol. The van der Waals surface area contributed by atoms with Crippen LogP contribution in [0.15, 0.2) is 72.9 Å². The van der Waals surface area contributed by atoms with E-state index in [0.29, 0.717) is 0 Å². The van der Waals surface area contributed by atoms with Gasteiger partial charge >= 0.3 is 0 Å². The number of rotatable bonds is 3. The lowest BCUT2D eigenvalue weighted by molar-refractivity contribution is 0.0445. The molecule has 2 nitrogen and oxygen atoms in total. The van der Waals surface area contributed by atoms with Gasteiger partial charge < -0.3 is 5.11 Å². The maximum atomic E-state index is 10.7. The Bertz CT molecular complexity index is 818. The highest BCUT2D eigenvalue weighted by atomic mass is 16.3. The fourth-order valence-corrected chi connectivity index (χ4v) is 3.60. The number of hydrogen-bond donors (Lipinski definition) is 1. The number of pyridine rings is 1. The summed E-state index contributed by atoms with van der Waals surface area (Å²) in [5.41, 5.74) is 4.82. The summed E-state index contributed by atoms with van der Waals surface area (Å²) in [6.07, 6.45) is 5.84. The van der Waals surface area contributed by atoms with Gasteiger partial charge in [-0.2, -0.15) is 0 Å². The summed E-state index contributed by atoms with van der Waals surface area (Å²) in [6.45, 7) is 0. The number of benzene rings is 2. The van der Waals surface area contributed by atoms with Gasteiger partial charge in [-0.25, -0.2) is 0 Å². The first kappa shape index (κ1) is 15.1. The molecule has 4 rings (SSSR count). The summed E-state index contributed by atoms with van der Waals surface area (Å²) >= 11 is 0. The number of hydrogen-bond acceptors (Lipinski definition) is 2. The molecule has 0 bridgehead atoms. The molecule has 3 aromatic rings. The zero-order valence-corrected chi connectivity index (χ0v) is 13.7. The standard InChI is InChI=1S/C22H21NO/c24-22(13-4-5-14-22)20-10-8-17(9-11-20)19-12-15-23-21(16-19)18-6-2-1-3-7-18/h1-3,6-12,15-16,24H,4-5,13-14H2. The van der Waals surface area contributed by atoms with Gasteiger partial charge in [0.25, 0.3) is 0 Å². The third kappa shape index (κ3) is 2.85. The summed E-state index contributed by atoms with van der Waals surface area (Å²) in [6, 6.07) is 22.7. The van der Waals surface area contributed by atoms with Crippen molar-refractivity contribution in [3.05, 3.63) is 78.5 Å². The second-order valence-corrected chi connectivity index (χ2v) is 6.61. The summed E-state index contributed by atoms with van der Waals surface area (Å²) < 4.78 is 0. The molecule has 0 spiro atoms. The summed E-state index contributed by atoms with van der Waals surface area (Å²) in [5.74, 6) is 0. The molecule has 2 heteroatoms. The Morgan fingerprint density at radius 1 is 0.750 bits per heavy atom. The molecule has 0 amide bonds. The lowest BCUT2D eigenvalue weighted by Gasteiger charge is -2.22. The van der Waals surface area contributed by atoms with E-state index in [0.717, 1.165) is 53.6 Å². The molecule has 2 aromatic carbocycles. The van der Waals surface area contributed by atoms with Crippen LogP contribution in [-0.4, -0.2) is 10.1 Å². The van der Waals surface area contributed by atoms with Crippen LogP contribution in [0.3, 0.4) is 0 Å². The van der Waals surface area contributed by atoms with Crippen LogP contribution in [-0.2, 0) is 5.60 Å². The fraction of sp³-hybridized carbons (Fsp3) is 0.227. The minimum absolute atomic E-state index is 0.619. The minimum atomic E-state index is -0.619. The van der Waals surface area contributed by atoms with Crippen LogP contribution in [0.25, 0.3) is 22.4 Å². The lowest BCUT2D eigenvalue weighted by atomic mass is 9.91. The molecule has 1 N–H and O–H groups in total. The Hall–Kier alpha value is -2.45. The van der Waals surface area contributed by atoms with Gasteiger partial charge in [0, 0.05) is 11.8 Å². The lowest BCUT2D eigenvalue weighted by Crippen LogP contribution is -2.20. The van der Waals surface area contributed by atoms with Crippen molar-refractivity contribution in [1.29, 1.82) is 0 Å². The predicted octanol–water partition coefficient (Wildman–Crippen LogP) is 5.18. The monoisotopic (exact) mass is 315 g/mol. The molecule has 1 aromatic heterocycles. The molecule has 0 radical (unpaired) electrons. The van der Waals surface area contributed by atoms with E-state index in [1.54, 1.807) is 0 Å². The molecule has 24 heavy (non-hydrogen) atoms. The summed E-state index contributed by atoms with van der Waals surface area (Å²) in [4.78, 5) is 4.49. The Balaban J connectivity index is 1.65. The summed E-state index contributed by atoms with van der Waals surface area (Å²) in [5, 5.41) is 10.7. The van der Waals surface area contributed by atoms with Crippen LogP contribution in [0.2, 0.25) is 0 Å². The van der Waals surface area contributed by atoms with Crippen molar-refractivity contribution in [2.75, 3.05) is 0 Å². The van der Waals surface area contributed by atoms with Crippen LogP contribution in [0.1, 0.15) is 31.2 Å². The van der Waals surface area contributed by atoms with E-state index in [-0.39, 0.29) is 0 Å². The molecule has 1 aliphatic carbocycles. The molecular formula is C22H21NO. The maximum Gasteiger partial charge on any atom is 0.0896 e. The van der Waals surface area contributed by atoms with E-state index in [1.807, 2.05) is 30.5 Å². The van der Waals surface area contributed by atoms with Crippen molar-refractivity contribution in [2.24, 2.45) is 0 Å². The molecule has 1 aliphatic rings. The van der Waals surface area contributed by atoms with Gasteiger partial charge in [0.05, 0.1) is 11.3 Å². The molecule has 120 valence electrons. The molecule has 0 aliphatic heterocycles. The first-order valence-electron chi connectivity index (χ1n) is 8.59. The van der Waals surface area contributed by atoms with E-state index in [1.165, 1.54) is 0 Å². The zero-order valence-electron chi connectivity index (χ0n) is 13.7. The average molecular weight is 315 g/mol. The van der Waals surface area contributed by atoms with Crippen molar-refractivity contribution in [3.8, 4) is 22.4 Å². The van der Waals surface area contributed by atoms with Gasteiger partial charge in [-0.15, -0.1) is 0 Å². The van der Waals surface area contributed by atoms with Crippen molar-refractivity contribution >= 4 is 0 Å². The number of nitrogens with zero attached hydrogens (tertiary/aromatic N) is 1. The highest BCUT2D eigenvalue weighted by molar-refractivity contribution is 5.70. The molecule has 1 fully saturated rings. The maximum absolute atomic E-state index is 10.7. The molecule has 1 saturated carbocycles. The third-order valence-corrected chi connectivity index (χ3v) is 5.02. The first-order chi connectivity index (χ1) is 11.7. The van der Waals surface area contributed by atoms with Gasteiger partial charge in [-0.1, -0.05) is 67.4 Å². The third-order valence-electron chi connectivity index (χ3n) is 5.02. The summed E-state index contributed by atoms with van der Waals surface area (Å²) in [7, 11) is 0. The van der Waals surface area contributed by atoms with Crippen LogP contribution in [0.4, 0.5) is 0 Å². The normalized spacial score (nSPS) is 16.2. The highest BCUT2D eigenvalue weighted by Gasteiger charge is 2.32. The van der Waals surface area contributed by atoms with E-state index >= 15 is 0 Å². The Kier molecular flexibility index (Phi) is 3.91. The zero-order chi connectivity index (χ0) is 16.4. The Morgan fingerprint density at radius 3 is 2.17 bits per heavy atom. The number of aliphatic hydroxyl groups is 1. The van der Waals surface area contributed by atoms with Crippen LogP contribution < -0.4 is 0 Å². The molecule has 0 unspecified atom stereocenters. The molecule has 1 heterocycles.